The van der Waals surface area contributed by atoms with Gasteiger partial charge in [0, 0.05) is 19.3 Å². The lowest BCUT2D eigenvalue weighted by molar-refractivity contribution is 0.0695. The van der Waals surface area contributed by atoms with Crippen LogP contribution >= 0.6 is 12.4 Å². The van der Waals surface area contributed by atoms with Crippen LogP contribution in [0, 0.1) is 0 Å². The topological polar surface area (TPSA) is 109 Å². The summed E-state index contributed by atoms with van der Waals surface area (Å²) in [5, 5.41) is 19.5. The first-order valence-corrected chi connectivity index (χ1v) is 7.87. The second kappa shape index (κ2) is 6.45. The standard InChI is InChI=1S/C16H17N5O3.ClH/c22-14(11-8-19-21-6-5-17-9-12(11)21)20-16(3-4-16)13-2-1-10(7-18-13)15(23)24;/h1-2,7-8,17H,3-6,9H2,(H,20,22)(H,23,24);1H. The van der Waals surface area contributed by atoms with Gasteiger partial charge in [-0.1, -0.05) is 0 Å². The number of pyridine rings is 1. The van der Waals surface area contributed by atoms with Crippen LogP contribution in [0.4, 0.5) is 0 Å². The van der Waals surface area contributed by atoms with E-state index in [1.165, 1.54) is 12.3 Å². The Morgan fingerprint density at radius 1 is 1.28 bits per heavy atom. The van der Waals surface area contributed by atoms with Crippen molar-refractivity contribution >= 4 is 24.3 Å². The molecule has 4 rings (SSSR count). The van der Waals surface area contributed by atoms with Gasteiger partial charge in [0.2, 0.25) is 0 Å². The second-order valence-electron chi connectivity index (χ2n) is 6.18. The average Bonchev–Trinajstić information content (AvgIpc) is 3.24. The van der Waals surface area contributed by atoms with E-state index in [0.29, 0.717) is 17.8 Å². The predicted molar refractivity (Wildman–Crippen MR) is 90.8 cm³/mol. The summed E-state index contributed by atoms with van der Waals surface area (Å²) in [6, 6.07) is 3.19. The minimum Gasteiger partial charge on any atom is -0.478 e. The normalized spacial score (nSPS) is 17.1. The molecule has 1 amide bonds. The van der Waals surface area contributed by atoms with Crippen LogP contribution in [0.1, 0.15) is 44.9 Å². The maximum absolute atomic E-state index is 12.7. The van der Waals surface area contributed by atoms with E-state index in [1.54, 1.807) is 12.3 Å². The predicted octanol–water partition coefficient (Wildman–Crippen LogP) is 0.920. The maximum Gasteiger partial charge on any atom is 0.337 e. The molecule has 1 saturated carbocycles. The van der Waals surface area contributed by atoms with Crippen LogP contribution < -0.4 is 10.6 Å². The molecule has 0 bridgehead atoms. The third-order valence-electron chi connectivity index (χ3n) is 4.59. The van der Waals surface area contributed by atoms with Crippen molar-refractivity contribution in [3.63, 3.8) is 0 Å². The number of nitrogens with one attached hydrogen (secondary N) is 2. The number of carboxylic acid groups (broad SMARTS) is 1. The molecule has 2 aromatic rings. The second-order valence-corrected chi connectivity index (χ2v) is 6.18. The van der Waals surface area contributed by atoms with E-state index in [4.69, 9.17) is 5.11 Å². The number of hydrogen-bond acceptors (Lipinski definition) is 5. The summed E-state index contributed by atoms with van der Waals surface area (Å²) < 4.78 is 1.85. The Bertz CT molecular complexity index is 814. The van der Waals surface area contributed by atoms with Crippen LogP contribution in [-0.2, 0) is 18.6 Å². The monoisotopic (exact) mass is 363 g/mol. The molecule has 3 heterocycles. The van der Waals surface area contributed by atoms with Gasteiger partial charge < -0.3 is 15.7 Å². The van der Waals surface area contributed by atoms with Crippen molar-refractivity contribution in [2.75, 3.05) is 6.54 Å². The lowest BCUT2D eigenvalue weighted by atomic mass is 10.1. The summed E-state index contributed by atoms with van der Waals surface area (Å²) in [4.78, 5) is 27.8. The third-order valence-corrected chi connectivity index (χ3v) is 4.59. The molecule has 0 atom stereocenters. The molecule has 0 unspecified atom stereocenters. The van der Waals surface area contributed by atoms with Crippen molar-refractivity contribution in [1.82, 2.24) is 25.4 Å². The zero-order valence-electron chi connectivity index (χ0n) is 13.4. The minimum atomic E-state index is -1.01. The van der Waals surface area contributed by atoms with Gasteiger partial charge >= 0.3 is 5.97 Å². The number of aromatic nitrogens is 3. The lowest BCUT2D eigenvalue weighted by Crippen LogP contribution is -2.37. The van der Waals surface area contributed by atoms with Crippen LogP contribution in [0.3, 0.4) is 0 Å². The zero-order valence-corrected chi connectivity index (χ0v) is 14.2. The SMILES string of the molecule is Cl.O=C(O)c1ccc(C2(NC(=O)c3cnn4c3CNCC4)CC2)nc1. The quantitative estimate of drug-likeness (QED) is 0.745. The van der Waals surface area contributed by atoms with Crippen molar-refractivity contribution in [2.24, 2.45) is 0 Å². The molecule has 25 heavy (non-hydrogen) atoms. The Balaban J connectivity index is 0.00000182. The minimum absolute atomic E-state index is 0. The van der Waals surface area contributed by atoms with Crippen molar-refractivity contribution in [3.05, 3.63) is 47.0 Å². The van der Waals surface area contributed by atoms with Crippen molar-refractivity contribution < 1.29 is 14.7 Å². The highest BCUT2D eigenvalue weighted by Crippen LogP contribution is 2.44. The number of rotatable bonds is 4. The first-order valence-electron chi connectivity index (χ1n) is 7.87. The molecule has 0 saturated heterocycles. The highest BCUT2D eigenvalue weighted by molar-refractivity contribution is 5.96. The number of carbonyl (C=O) groups is 2. The molecular formula is C16H18ClN5O3. The van der Waals surface area contributed by atoms with Gasteiger partial charge in [0.05, 0.1) is 40.8 Å². The fraction of sp³-hybridized carbons (Fsp3) is 0.375. The third kappa shape index (κ3) is 3.10. The largest absolute Gasteiger partial charge is 0.478 e. The zero-order chi connectivity index (χ0) is 16.7. The van der Waals surface area contributed by atoms with E-state index in [2.05, 4.69) is 20.7 Å². The number of carboxylic acids is 1. The molecule has 1 fully saturated rings. The fourth-order valence-corrected chi connectivity index (χ4v) is 3.03. The molecule has 1 aliphatic heterocycles. The van der Waals surface area contributed by atoms with Gasteiger partial charge in [0.25, 0.3) is 5.91 Å². The summed E-state index contributed by atoms with van der Waals surface area (Å²) in [6.07, 6.45) is 4.52. The van der Waals surface area contributed by atoms with Gasteiger partial charge in [-0.15, -0.1) is 12.4 Å². The molecule has 132 valence electrons. The Labute approximate surface area is 150 Å². The number of halogens is 1. The fourth-order valence-electron chi connectivity index (χ4n) is 3.03. The van der Waals surface area contributed by atoms with E-state index in [-0.39, 0.29) is 23.9 Å². The Morgan fingerprint density at radius 2 is 2.08 bits per heavy atom. The van der Waals surface area contributed by atoms with Gasteiger partial charge in [-0.05, 0) is 25.0 Å². The first-order chi connectivity index (χ1) is 11.6. The highest BCUT2D eigenvalue weighted by Gasteiger charge is 2.47. The highest BCUT2D eigenvalue weighted by atomic mass is 35.5. The summed E-state index contributed by atoms with van der Waals surface area (Å²) in [7, 11) is 0. The summed E-state index contributed by atoms with van der Waals surface area (Å²) in [6.45, 7) is 2.23. The van der Waals surface area contributed by atoms with Crippen LogP contribution in [0.25, 0.3) is 0 Å². The molecule has 8 nitrogen and oxygen atoms in total. The van der Waals surface area contributed by atoms with Crippen molar-refractivity contribution in [2.45, 2.75) is 31.5 Å². The molecule has 0 radical (unpaired) electrons. The molecule has 9 heteroatoms. The van der Waals surface area contributed by atoms with Crippen LogP contribution in [0.15, 0.2) is 24.5 Å². The summed E-state index contributed by atoms with van der Waals surface area (Å²) >= 11 is 0. The Morgan fingerprint density at radius 3 is 2.72 bits per heavy atom. The molecule has 0 spiro atoms. The van der Waals surface area contributed by atoms with E-state index in [0.717, 1.165) is 31.6 Å². The molecule has 3 N–H and O–H groups in total. The Hall–Kier alpha value is -2.45. The van der Waals surface area contributed by atoms with Gasteiger partial charge in [-0.3, -0.25) is 14.5 Å². The molecule has 1 aliphatic carbocycles. The van der Waals surface area contributed by atoms with E-state index >= 15 is 0 Å². The number of carbonyl (C=O) groups excluding carboxylic acids is 1. The Kier molecular flexibility index (Phi) is 4.49. The molecule has 2 aliphatic rings. The average molecular weight is 364 g/mol. The first kappa shape index (κ1) is 17.4. The number of hydrogen-bond donors (Lipinski definition) is 3. The van der Waals surface area contributed by atoms with Gasteiger partial charge in [0.15, 0.2) is 0 Å². The van der Waals surface area contributed by atoms with Crippen LogP contribution in [-0.4, -0.2) is 38.3 Å². The molecular weight excluding hydrogens is 346 g/mol. The summed E-state index contributed by atoms with van der Waals surface area (Å²) in [5.74, 6) is -1.18. The smallest absolute Gasteiger partial charge is 0.337 e. The van der Waals surface area contributed by atoms with Crippen LogP contribution in [0.5, 0.6) is 0 Å². The van der Waals surface area contributed by atoms with Crippen molar-refractivity contribution in [3.8, 4) is 0 Å². The van der Waals surface area contributed by atoms with Gasteiger partial charge in [-0.25, -0.2) is 4.79 Å². The molecule has 0 aromatic carbocycles. The number of fused-ring (bicyclic) bond motifs is 1. The van der Waals surface area contributed by atoms with E-state index in [9.17, 15) is 9.59 Å². The van der Waals surface area contributed by atoms with E-state index < -0.39 is 11.5 Å². The number of nitrogens with zero attached hydrogens (tertiary/aromatic N) is 3. The van der Waals surface area contributed by atoms with Crippen molar-refractivity contribution in [1.29, 1.82) is 0 Å². The number of amides is 1. The summed E-state index contributed by atoms with van der Waals surface area (Å²) in [5.41, 5.74) is 1.81. The lowest BCUT2D eigenvalue weighted by Gasteiger charge is -2.19. The van der Waals surface area contributed by atoms with Crippen LogP contribution in [0.2, 0.25) is 0 Å². The van der Waals surface area contributed by atoms with Gasteiger partial charge in [-0.2, -0.15) is 5.10 Å². The molecule has 2 aromatic heterocycles. The maximum atomic E-state index is 12.7. The van der Waals surface area contributed by atoms with E-state index in [1.807, 2.05) is 4.68 Å². The van der Waals surface area contributed by atoms with Gasteiger partial charge in [0.1, 0.15) is 0 Å². The number of aromatic carboxylic acids is 1.